The number of nitrogens with zero attached hydrogens (tertiary/aromatic N) is 2. The molecule has 6 nitrogen and oxygen atoms in total. The van der Waals surface area contributed by atoms with Crippen LogP contribution in [-0.2, 0) is 9.59 Å². The lowest BCUT2D eigenvalue weighted by Gasteiger charge is -2.24. The molecule has 8 rings (SSSR count). The number of hydrogen-bond donors (Lipinski definition) is 2. The minimum Gasteiger partial charge on any atom is -0.399 e. The summed E-state index contributed by atoms with van der Waals surface area (Å²) in [7, 11) is 0. The van der Waals surface area contributed by atoms with Crippen LogP contribution in [0.5, 0.6) is 0 Å². The van der Waals surface area contributed by atoms with Gasteiger partial charge >= 0.3 is 0 Å². The summed E-state index contributed by atoms with van der Waals surface area (Å²) >= 11 is 3.09. The first-order valence-electron chi connectivity index (χ1n) is 14.7. The van der Waals surface area contributed by atoms with Gasteiger partial charge in [-0.15, -0.1) is 22.7 Å². The van der Waals surface area contributed by atoms with E-state index in [9.17, 15) is 9.59 Å². The highest BCUT2D eigenvalue weighted by Gasteiger charge is 2.50. The zero-order valence-corrected chi connectivity index (χ0v) is 26.0. The van der Waals surface area contributed by atoms with E-state index in [1.165, 1.54) is 0 Å². The van der Waals surface area contributed by atoms with Crippen LogP contribution in [0.2, 0.25) is 0 Å². The summed E-state index contributed by atoms with van der Waals surface area (Å²) < 4.78 is 0. The minimum atomic E-state index is -0.233. The highest BCUT2D eigenvalue weighted by molar-refractivity contribution is 7.17. The van der Waals surface area contributed by atoms with E-state index in [1.54, 1.807) is 32.5 Å². The number of carbonyl (C=O) groups excluding carboxylic acids is 2. The van der Waals surface area contributed by atoms with E-state index in [-0.39, 0.29) is 11.8 Å². The molecule has 0 saturated heterocycles. The van der Waals surface area contributed by atoms with Gasteiger partial charge in [-0.25, -0.2) is 0 Å². The van der Waals surface area contributed by atoms with Crippen molar-refractivity contribution in [2.45, 2.75) is 0 Å². The third kappa shape index (κ3) is 4.54. The Morgan fingerprint density at radius 3 is 1.13 bits per heavy atom. The summed E-state index contributed by atoms with van der Waals surface area (Å²) in [5, 5.41) is 0. The van der Waals surface area contributed by atoms with Crippen LogP contribution in [0.1, 0.15) is 9.75 Å². The largest absolute Gasteiger partial charge is 0.399 e. The number of carbonyl (C=O) groups is 2. The van der Waals surface area contributed by atoms with Crippen LogP contribution in [0.25, 0.3) is 32.3 Å². The fourth-order valence-electron chi connectivity index (χ4n) is 5.95. The summed E-state index contributed by atoms with van der Waals surface area (Å²) in [6.07, 6.45) is 0. The Hall–Kier alpha value is -5.70. The molecule has 0 aliphatic carbocycles. The van der Waals surface area contributed by atoms with Crippen molar-refractivity contribution in [3.8, 4) is 20.9 Å². The van der Waals surface area contributed by atoms with Gasteiger partial charge in [0.2, 0.25) is 0 Å². The maximum absolute atomic E-state index is 14.7. The second-order valence-electron chi connectivity index (χ2n) is 11.0. The molecular formula is C38H26N4O2S2. The van der Waals surface area contributed by atoms with E-state index in [2.05, 4.69) is 0 Å². The maximum atomic E-state index is 14.7. The monoisotopic (exact) mass is 634 g/mol. The molecule has 0 unspecified atom stereocenters. The van der Waals surface area contributed by atoms with Gasteiger partial charge in [-0.2, -0.15) is 0 Å². The molecular weight excluding hydrogens is 609 g/mol. The molecule has 6 aromatic rings. The fourth-order valence-corrected chi connectivity index (χ4v) is 8.06. The Kier molecular flexibility index (Phi) is 6.67. The number of anilines is 4. The van der Waals surface area contributed by atoms with Crippen LogP contribution >= 0.6 is 22.7 Å². The van der Waals surface area contributed by atoms with Crippen molar-refractivity contribution < 1.29 is 9.59 Å². The van der Waals surface area contributed by atoms with Gasteiger partial charge in [0.15, 0.2) is 0 Å². The van der Waals surface area contributed by atoms with Gasteiger partial charge in [-0.05, 0) is 83.9 Å². The molecule has 0 atom stereocenters. The molecule has 0 fully saturated rings. The van der Waals surface area contributed by atoms with Crippen molar-refractivity contribution in [1.29, 1.82) is 0 Å². The number of nitrogens with two attached hydrogens (primary N) is 2. The Morgan fingerprint density at radius 1 is 0.413 bits per heavy atom. The zero-order valence-electron chi connectivity index (χ0n) is 24.4. The summed E-state index contributed by atoms with van der Waals surface area (Å²) in [5.74, 6) is -0.467. The molecule has 4 N–H and O–H groups in total. The lowest BCUT2D eigenvalue weighted by atomic mass is 10.1. The van der Waals surface area contributed by atoms with Crippen molar-refractivity contribution in [2.75, 3.05) is 21.3 Å². The molecule has 2 aromatic heterocycles. The van der Waals surface area contributed by atoms with Gasteiger partial charge in [-0.3, -0.25) is 19.4 Å². The van der Waals surface area contributed by atoms with Crippen molar-refractivity contribution >= 4 is 68.6 Å². The van der Waals surface area contributed by atoms with Crippen LogP contribution in [0, 0.1) is 0 Å². The predicted octanol–water partition coefficient (Wildman–Crippen LogP) is 8.52. The minimum absolute atomic E-state index is 0.233. The van der Waals surface area contributed by atoms with Gasteiger partial charge in [-0.1, -0.05) is 60.7 Å². The van der Waals surface area contributed by atoms with Crippen LogP contribution in [-0.4, -0.2) is 11.8 Å². The van der Waals surface area contributed by atoms with Crippen molar-refractivity contribution in [1.82, 2.24) is 0 Å². The van der Waals surface area contributed by atoms with Crippen molar-refractivity contribution in [2.24, 2.45) is 0 Å². The number of amides is 2. The van der Waals surface area contributed by atoms with Gasteiger partial charge in [0.1, 0.15) is 0 Å². The first-order valence-corrected chi connectivity index (χ1v) is 16.3. The molecule has 222 valence electrons. The first-order chi connectivity index (χ1) is 22.5. The first kappa shape index (κ1) is 27.8. The van der Waals surface area contributed by atoms with E-state index in [0.717, 1.165) is 30.6 Å². The number of hydrogen-bond acceptors (Lipinski definition) is 6. The predicted molar refractivity (Wildman–Crippen MR) is 190 cm³/mol. The Morgan fingerprint density at radius 2 is 0.761 bits per heavy atom. The molecule has 4 heterocycles. The summed E-state index contributed by atoms with van der Waals surface area (Å²) in [6, 6.07) is 42.5. The van der Waals surface area contributed by atoms with E-state index in [1.807, 2.05) is 133 Å². The average Bonchev–Trinajstić information content (AvgIpc) is 3.87. The third-order valence-corrected chi connectivity index (χ3v) is 10.4. The summed E-state index contributed by atoms with van der Waals surface area (Å²) in [6.45, 7) is 0. The molecule has 8 heteroatoms. The second-order valence-corrected chi connectivity index (χ2v) is 13.1. The highest BCUT2D eigenvalue weighted by Crippen LogP contribution is 2.52. The number of benzene rings is 4. The average molecular weight is 635 g/mol. The van der Waals surface area contributed by atoms with Crippen LogP contribution < -0.4 is 21.3 Å². The maximum Gasteiger partial charge on any atom is 0.265 e. The number of thiophene rings is 2. The normalized spacial score (nSPS) is 14.5. The molecule has 2 aliphatic heterocycles. The number of fused-ring (bicyclic) bond motifs is 1. The lowest BCUT2D eigenvalue weighted by Crippen LogP contribution is -2.29. The van der Waals surface area contributed by atoms with Crippen LogP contribution in [0.15, 0.2) is 145 Å². The number of para-hydroxylation sites is 2. The second kappa shape index (κ2) is 11.0. The molecule has 0 spiro atoms. The van der Waals surface area contributed by atoms with Gasteiger partial charge in [0.05, 0.1) is 32.3 Å². The van der Waals surface area contributed by atoms with E-state index in [4.69, 9.17) is 11.5 Å². The Bertz CT molecular complexity index is 2040. The SMILES string of the molecule is Nc1ccc(-c2ccc(C3=C4C(=O)N(c5ccccc5)C(c5ccc(-c6ccc(N)cc6)s5)=C4C(=O)N3c3ccccc3)s2)cc1. The molecule has 2 amide bonds. The Balaban J connectivity index is 1.36. The molecule has 0 saturated carbocycles. The van der Waals surface area contributed by atoms with Gasteiger partial charge in [0, 0.05) is 32.5 Å². The van der Waals surface area contributed by atoms with Gasteiger partial charge in [0.25, 0.3) is 11.8 Å². The van der Waals surface area contributed by atoms with Crippen molar-refractivity contribution in [3.05, 3.63) is 154 Å². The highest BCUT2D eigenvalue weighted by atomic mass is 32.1. The quantitative estimate of drug-likeness (QED) is 0.180. The third-order valence-electron chi connectivity index (χ3n) is 8.10. The van der Waals surface area contributed by atoms with Crippen LogP contribution in [0.4, 0.5) is 22.7 Å². The standard InChI is InChI=1S/C38H26N4O2S2/c39-25-15-11-23(12-16-25)29-19-21-31(45-29)35-33-34(37(43)41(35)27-7-3-1-4-8-27)36(42(38(33)44)28-9-5-2-6-10-28)32-22-20-30(46-32)24-13-17-26(40)18-14-24/h1-22H,39-40H2. The fraction of sp³-hybridized carbons (Fsp3) is 0. The smallest absolute Gasteiger partial charge is 0.265 e. The van der Waals surface area contributed by atoms with E-state index in [0.29, 0.717) is 45.3 Å². The summed E-state index contributed by atoms with van der Waals surface area (Å²) in [4.78, 5) is 36.5. The number of nitrogen functional groups attached to an aromatic ring is 2. The van der Waals surface area contributed by atoms with Crippen molar-refractivity contribution in [3.63, 3.8) is 0 Å². The lowest BCUT2D eigenvalue weighted by molar-refractivity contribution is -0.115. The molecule has 0 radical (unpaired) electrons. The molecule has 46 heavy (non-hydrogen) atoms. The molecule has 0 bridgehead atoms. The zero-order chi connectivity index (χ0) is 31.4. The molecule has 2 aliphatic rings. The Labute approximate surface area is 273 Å². The van der Waals surface area contributed by atoms with Crippen LogP contribution in [0.3, 0.4) is 0 Å². The van der Waals surface area contributed by atoms with E-state index < -0.39 is 0 Å². The topological polar surface area (TPSA) is 92.7 Å². The number of rotatable bonds is 6. The van der Waals surface area contributed by atoms with Gasteiger partial charge < -0.3 is 11.5 Å². The van der Waals surface area contributed by atoms with E-state index >= 15 is 0 Å². The summed E-state index contributed by atoms with van der Waals surface area (Å²) in [5.41, 5.74) is 18.7. The molecule has 4 aromatic carbocycles.